The van der Waals surface area contributed by atoms with Crippen LogP contribution in [0.25, 0.3) is 22.4 Å². The molecule has 0 aliphatic rings. The number of carbonyl (C=O) groups is 1. The molecule has 1 amide bonds. The van der Waals surface area contributed by atoms with Gasteiger partial charge in [-0.2, -0.15) is 4.98 Å². The quantitative estimate of drug-likeness (QED) is 0.563. The van der Waals surface area contributed by atoms with Crippen LogP contribution in [0.2, 0.25) is 0 Å². The second-order valence-corrected chi connectivity index (χ2v) is 6.13. The van der Waals surface area contributed by atoms with Gasteiger partial charge in [-0.05, 0) is 42.8 Å². The molecule has 2 aromatic heterocycles. The van der Waals surface area contributed by atoms with Crippen LogP contribution in [0, 0.1) is 12.7 Å². The summed E-state index contributed by atoms with van der Waals surface area (Å²) < 4.78 is 18.5. The molecule has 27 heavy (non-hydrogen) atoms. The maximum atomic E-state index is 13.4. The molecule has 2 aromatic carbocycles. The molecular formula is C19H16FN5O2. The number of aryl methyl sites for hydroxylation is 2. The second kappa shape index (κ2) is 6.99. The summed E-state index contributed by atoms with van der Waals surface area (Å²) >= 11 is 0. The van der Waals surface area contributed by atoms with Gasteiger partial charge in [-0.25, -0.2) is 9.37 Å². The van der Waals surface area contributed by atoms with Crippen molar-refractivity contribution < 1.29 is 13.7 Å². The van der Waals surface area contributed by atoms with Crippen LogP contribution in [0.5, 0.6) is 0 Å². The third-order valence-corrected chi connectivity index (χ3v) is 4.10. The molecule has 0 aliphatic heterocycles. The zero-order valence-corrected chi connectivity index (χ0v) is 14.5. The number of hydrogen-bond donors (Lipinski definition) is 2. The molecule has 0 unspecified atom stereocenters. The first-order chi connectivity index (χ1) is 13.1. The van der Waals surface area contributed by atoms with E-state index in [-0.39, 0.29) is 18.1 Å². The Bertz CT molecular complexity index is 1090. The predicted molar refractivity (Wildman–Crippen MR) is 97.5 cm³/mol. The highest BCUT2D eigenvalue weighted by Gasteiger charge is 2.13. The molecule has 0 atom stereocenters. The SMILES string of the molecule is Cc1cc(-c2noc(CCC(=O)Nc3nc4ccccc4[nH]3)n2)ccc1F. The lowest BCUT2D eigenvalue weighted by molar-refractivity contribution is -0.116. The van der Waals surface area contributed by atoms with Crippen molar-refractivity contribution in [1.82, 2.24) is 20.1 Å². The Morgan fingerprint density at radius 1 is 1.22 bits per heavy atom. The number of aromatic nitrogens is 4. The number of para-hydroxylation sites is 2. The Morgan fingerprint density at radius 3 is 2.89 bits per heavy atom. The van der Waals surface area contributed by atoms with E-state index in [0.29, 0.717) is 35.2 Å². The zero-order valence-electron chi connectivity index (χ0n) is 14.5. The van der Waals surface area contributed by atoms with Gasteiger partial charge < -0.3 is 9.51 Å². The molecule has 4 aromatic rings. The van der Waals surface area contributed by atoms with Crippen LogP contribution in [0.15, 0.2) is 47.0 Å². The predicted octanol–water partition coefficient (Wildman–Crippen LogP) is 3.63. The van der Waals surface area contributed by atoms with Gasteiger partial charge in [0.25, 0.3) is 0 Å². The van der Waals surface area contributed by atoms with Crippen molar-refractivity contribution in [3.8, 4) is 11.4 Å². The minimum Gasteiger partial charge on any atom is -0.339 e. The van der Waals surface area contributed by atoms with Crippen LogP contribution in [-0.4, -0.2) is 26.0 Å². The summed E-state index contributed by atoms with van der Waals surface area (Å²) in [5.74, 6) is 0.600. The smallest absolute Gasteiger partial charge is 0.227 e. The number of anilines is 1. The van der Waals surface area contributed by atoms with E-state index in [1.54, 1.807) is 19.1 Å². The molecule has 0 fully saturated rings. The Hall–Kier alpha value is -3.55. The van der Waals surface area contributed by atoms with Crippen molar-refractivity contribution in [3.05, 3.63) is 59.7 Å². The van der Waals surface area contributed by atoms with Gasteiger partial charge in [0.15, 0.2) is 0 Å². The number of H-pyrrole nitrogens is 1. The van der Waals surface area contributed by atoms with Crippen LogP contribution >= 0.6 is 0 Å². The van der Waals surface area contributed by atoms with Gasteiger partial charge in [0.1, 0.15) is 5.82 Å². The number of rotatable bonds is 5. The molecule has 0 aliphatic carbocycles. The number of imidazole rings is 1. The van der Waals surface area contributed by atoms with Crippen molar-refractivity contribution in [2.75, 3.05) is 5.32 Å². The first kappa shape index (κ1) is 16.9. The molecule has 2 N–H and O–H groups in total. The fraction of sp³-hybridized carbons (Fsp3) is 0.158. The Balaban J connectivity index is 1.37. The van der Waals surface area contributed by atoms with E-state index in [0.717, 1.165) is 11.0 Å². The summed E-state index contributed by atoms with van der Waals surface area (Å²) in [7, 11) is 0. The third-order valence-electron chi connectivity index (χ3n) is 4.10. The van der Waals surface area contributed by atoms with Crippen molar-refractivity contribution in [2.24, 2.45) is 0 Å². The average molecular weight is 365 g/mol. The van der Waals surface area contributed by atoms with E-state index in [4.69, 9.17) is 4.52 Å². The van der Waals surface area contributed by atoms with Gasteiger partial charge >= 0.3 is 0 Å². The monoisotopic (exact) mass is 365 g/mol. The molecule has 8 heteroatoms. The fourth-order valence-electron chi connectivity index (χ4n) is 2.68. The van der Waals surface area contributed by atoms with Crippen molar-refractivity contribution in [3.63, 3.8) is 0 Å². The summed E-state index contributed by atoms with van der Waals surface area (Å²) in [4.78, 5) is 23.7. The average Bonchev–Trinajstić information content (AvgIpc) is 3.28. The Morgan fingerprint density at radius 2 is 2.07 bits per heavy atom. The first-order valence-electron chi connectivity index (χ1n) is 8.42. The van der Waals surface area contributed by atoms with Gasteiger partial charge in [-0.3, -0.25) is 10.1 Å². The number of hydrogen-bond acceptors (Lipinski definition) is 5. The highest BCUT2D eigenvalue weighted by atomic mass is 19.1. The maximum absolute atomic E-state index is 13.4. The van der Waals surface area contributed by atoms with Crippen molar-refractivity contribution in [1.29, 1.82) is 0 Å². The molecule has 0 bridgehead atoms. The number of benzene rings is 2. The standard InChI is InChI=1S/C19H16FN5O2/c1-11-10-12(6-7-13(11)20)18-24-17(27-25-18)9-8-16(26)23-19-21-14-4-2-3-5-15(14)22-19/h2-7,10H,8-9H2,1H3,(H2,21,22,23,26). The number of nitrogens with zero attached hydrogens (tertiary/aromatic N) is 3. The lowest BCUT2D eigenvalue weighted by Gasteiger charge is -1.99. The summed E-state index contributed by atoms with van der Waals surface area (Å²) in [6, 6.07) is 12.1. The third kappa shape index (κ3) is 3.69. The number of nitrogens with one attached hydrogen (secondary N) is 2. The molecule has 0 saturated carbocycles. The number of fused-ring (bicyclic) bond motifs is 1. The van der Waals surface area contributed by atoms with Gasteiger partial charge in [-0.15, -0.1) is 0 Å². The van der Waals surface area contributed by atoms with Crippen LogP contribution < -0.4 is 5.32 Å². The highest BCUT2D eigenvalue weighted by molar-refractivity contribution is 5.91. The summed E-state index contributed by atoms with van der Waals surface area (Å²) in [6.07, 6.45) is 0.459. The second-order valence-electron chi connectivity index (χ2n) is 6.13. The van der Waals surface area contributed by atoms with E-state index in [9.17, 15) is 9.18 Å². The molecule has 2 heterocycles. The zero-order chi connectivity index (χ0) is 18.8. The van der Waals surface area contributed by atoms with Crippen LogP contribution in [-0.2, 0) is 11.2 Å². The van der Waals surface area contributed by atoms with E-state index in [1.165, 1.54) is 6.07 Å². The van der Waals surface area contributed by atoms with Gasteiger partial charge in [0.05, 0.1) is 11.0 Å². The summed E-state index contributed by atoms with van der Waals surface area (Å²) in [6.45, 7) is 1.67. The largest absolute Gasteiger partial charge is 0.339 e. The number of halogens is 1. The summed E-state index contributed by atoms with van der Waals surface area (Å²) in [5, 5.41) is 6.61. The first-order valence-corrected chi connectivity index (χ1v) is 8.42. The minimum atomic E-state index is -0.287. The minimum absolute atomic E-state index is 0.168. The molecule has 4 rings (SSSR count). The fourth-order valence-corrected chi connectivity index (χ4v) is 2.68. The highest BCUT2D eigenvalue weighted by Crippen LogP contribution is 2.19. The van der Waals surface area contributed by atoms with Crippen molar-refractivity contribution in [2.45, 2.75) is 19.8 Å². The van der Waals surface area contributed by atoms with E-state index in [2.05, 4.69) is 25.4 Å². The van der Waals surface area contributed by atoms with Crippen molar-refractivity contribution >= 4 is 22.9 Å². The van der Waals surface area contributed by atoms with Crippen LogP contribution in [0.1, 0.15) is 17.9 Å². The molecular weight excluding hydrogens is 349 g/mol. The van der Waals surface area contributed by atoms with Gasteiger partial charge in [0, 0.05) is 18.4 Å². The van der Waals surface area contributed by atoms with Gasteiger partial charge in [0.2, 0.25) is 23.6 Å². The normalized spacial score (nSPS) is 11.0. The lowest BCUT2D eigenvalue weighted by Crippen LogP contribution is -2.13. The molecule has 0 saturated heterocycles. The summed E-state index contributed by atoms with van der Waals surface area (Å²) in [5.41, 5.74) is 2.80. The molecule has 0 spiro atoms. The van der Waals surface area contributed by atoms with E-state index in [1.807, 2.05) is 24.3 Å². The number of amides is 1. The van der Waals surface area contributed by atoms with Gasteiger partial charge in [-0.1, -0.05) is 17.3 Å². The number of aromatic amines is 1. The van der Waals surface area contributed by atoms with E-state index >= 15 is 0 Å². The van der Waals surface area contributed by atoms with Crippen LogP contribution in [0.4, 0.5) is 10.3 Å². The Kier molecular flexibility index (Phi) is 4.37. The molecule has 0 radical (unpaired) electrons. The van der Waals surface area contributed by atoms with Crippen LogP contribution in [0.3, 0.4) is 0 Å². The topological polar surface area (TPSA) is 96.7 Å². The number of carbonyl (C=O) groups excluding carboxylic acids is 1. The maximum Gasteiger partial charge on any atom is 0.227 e. The Labute approximate surface area is 153 Å². The molecule has 7 nitrogen and oxygen atoms in total. The molecule has 136 valence electrons. The van der Waals surface area contributed by atoms with E-state index < -0.39 is 0 Å². The lowest BCUT2D eigenvalue weighted by atomic mass is 10.1.